The van der Waals surface area contributed by atoms with Crippen LogP contribution >= 0.6 is 0 Å². The summed E-state index contributed by atoms with van der Waals surface area (Å²) in [6, 6.07) is 0. The number of sulfonamides is 1. The van der Waals surface area contributed by atoms with Gasteiger partial charge in [-0.25, -0.2) is 8.42 Å². The van der Waals surface area contributed by atoms with Crippen molar-refractivity contribution in [3.05, 3.63) is 22.5 Å². The molecular formula is C18H27N3O5S. The highest BCUT2D eigenvalue weighted by atomic mass is 32.2. The number of nitrogens with zero attached hydrogens (tertiary/aromatic N) is 2. The zero-order valence-electron chi connectivity index (χ0n) is 16.1. The minimum atomic E-state index is -3.47. The lowest BCUT2D eigenvalue weighted by Gasteiger charge is -2.36. The smallest absolute Gasteiger partial charge is 0.270 e. The number of piperidine rings is 1. The van der Waals surface area contributed by atoms with Crippen molar-refractivity contribution in [3.63, 3.8) is 0 Å². The summed E-state index contributed by atoms with van der Waals surface area (Å²) < 4.78 is 32.6. The standard InChI is InChI=1S/C18H27N3O5S/c1-12-16(14(3)22)13(2)19-17(12)18(23)20-6-4-5-15(11-20)27(24,25)21-7-9-26-10-8-21/h15,19H,4-11H2,1-3H3/t15-/m0/s1. The average molecular weight is 397 g/mol. The average Bonchev–Trinajstić information content (AvgIpc) is 2.96. The molecule has 1 amide bonds. The Kier molecular flexibility index (Phi) is 5.73. The molecule has 0 aromatic carbocycles. The maximum atomic E-state index is 13.0. The van der Waals surface area contributed by atoms with Crippen LogP contribution in [0.4, 0.5) is 0 Å². The third-order valence-electron chi connectivity index (χ3n) is 5.42. The first-order chi connectivity index (χ1) is 12.7. The summed E-state index contributed by atoms with van der Waals surface area (Å²) in [6.07, 6.45) is 1.18. The lowest BCUT2D eigenvalue weighted by Crippen LogP contribution is -2.52. The Morgan fingerprint density at radius 3 is 2.41 bits per heavy atom. The molecule has 1 N–H and O–H groups in total. The van der Waals surface area contributed by atoms with Crippen LogP contribution in [0.15, 0.2) is 0 Å². The molecule has 0 saturated carbocycles. The van der Waals surface area contributed by atoms with E-state index >= 15 is 0 Å². The molecule has 0 radical (unpaired) electrons. The SMILES string of the molecule is CC(=O)c1c(C)[nH]c(C(=O)N2CCC[C@H](S(=O)(=O)N3CCOCC3)C2)c1C. The minimum absolute atomic E-state index is 0.0910. The summed E-state index contributed by atoms with van der Waals surface area (Å²) in [4.78, 5) is 29.4. The van der Waals surface area contributed by atoms with Gasteiger partial charge >= 0.3 is 0 Å². The number of ketones is 1. The Hall–Kier alpha value is -1.71. The normalized spacial score (nSPS) is 22.0. The van der Waals surface area contributed by atoms with Crippen LogP contribution in [0.3, 0.4) is 0 Å². The van der Waals surface area contributed by atoms with Gasteiger partial charge in [0.05, 0.1) is 18.5 Å². The van der Waals surface area contributed by atoms with Gasteiger partial charge < -0.3 is 14.6 Å². The Labute approximate surface area is 159 Å². The minimum Gasteiger partial charge on any atom is -0.379 e. The van der Waals surface area contributed by atoms with Crippen molar-refractivity contribution in [1.82, 2.24) is 14.2 Å². The second-order valence-corrected chi connectivity index (χ2v) is 9.47. The number of nitrogens with one attached hydrogen (secondary N) is 1. The number of rotatable bonds is 4. The molecule has 0 bridgehead atoms. The summed E-state index contributed by atoms with van der Waals surface area (Å²) in [7, 11) is -3.47. The topological polar surface area (TPSA) is 99.8 Å². The molecule has 2 saturated heterocycles. The van der Waals surface area contributed by atoms with Gasteiger partial charge in [-0.15, -0.1) is 0 Å². The molecule has 3 rings (SSSR count). The van der Waals surface area contributed by atoms with E-state index in [2.05, 4.69) is 4.98 Å². The summed E-state index contributed by atoms with van der Waals surface area (Å²) in [5.41, 5.74) is 2.20. The molecule has 150 valence electrons. The van der Waals surface area contributed by atoms with Gasteiger partial charge in [-0.05, 0) is 39.2 Å². The van der Waals surface area contributed by atoms with Crippen LogP contribution in [-0.2, 0) is 14.8 Å². The van der Waals surface area contributed by atoms with Crippen LogP contribution in [0.2, 0.25) is 0 Å². The van der Waals surface area contributed by atoms with E-state index < -0.39 is 15.3 Å². The molecule has 1 aromatic heterocycles. The maximum Gasteiger partial charge on any atom is 0.270 e. The Balaban J connectivity index is 1.79. The van der Waals surface area contributed by atoms with Crippen LogP contribution in [-0.4, -0.2) is 78.9 Å². The van der Waals surface area contributed by atoms with Crippen molar-refractivity contribution >= 4 is 21.7 Å². The molecule has 3 heterocycles. The van der Waals surface area contributed by atoms with E-state index in [9.17, 15) is 18.0 Å². The number of aryl methyl sites for hydroxylation is 1. The fourth-order valence-electron chi connectivity index (χ4n) is 4.03. The number of morpholine rings is 1. The highest BCUT2D eigenvalue weighted by molar-refractivity contribution is 7.89. The number of carbonyl (C=O) groups is 2. The van der Waals surface area contributed by atoms with Crippen molar-refractivity contribution < 1.29 is 22.7 Å². The van der Waals surface area contributed by atoms with Gasteiger partial charge in [-0.1, -0.05) is 0 Å². The van der Waals surface area contributed by atoms with E-state index in [1.165, 1.54) is 11.2 Å². The number of H-pyrrole nitrogens is 1. The van der Waals surface area contributed by atoms with E-state index in [-0.39, 0.29) is 18.2 Å². The predicted molar refractivity (Wildman–Crippen MR) is 101 cm³/mol. The van der Waals surface area contributed by atoms with Crippen LogP contribution in [0.5, 0.6) is 0 Å². The van der Waals surface area contributed by atoms with Crippen molar-refractivity contribution in [2.24, 2.45) is 0 Å². The molecule has 8 nitrogen and oxygen atoms in total. The number of likely N-dealkylation sites (tertiary alicyclic amines) is 1. The van der Waals surface area contributed by atoms with Gasteiger partial charge in [0, 0.05) is 37.4 Å². The molecule has 27 heavy (non-hydrogen) atoms. The molecule has 9 heteroatoms. The van der Waals surface area contributed by atoms with E-state index in [4.69, 9.17) is 4.74 Å². The maximum absolute atomic E-state index is 13.0. The molecule has 2 aliphatic heterocycles. The Morgan fingerprint density at radius 2 is 1.81 bits per heavy atom. The van der Waals surface area contributed by atoms with E-state index in [1.807, 2.05) is 0 Å². The first-order valence-corrected chi connectivity index (χ1v) is 10.8. The summed E-state index contributed by atoms with van der Waals surface area (Å²) in [5, 5.41) is -0.600. The summed E-state index contributed by atoms with van der Waals surface area (Å²) in [5.74, 6) is -0.336. The molecule has 1 atom stereocenters. The number of carbonyl (C=O) groups excluding carboxylic acids is 2. The van der Waals surface area contributed by atoms with Crippen molar-refractivity contribution in [1.29, 1.82) is 0 Å². The van der Waals surface area contributed by atoms with Crippen molar-refractivity contribution in [2.45, 2.75) is 38.9 Å². The lowest BCUT2D eigenvalue weighted by atomic mass is 10.1. The molecule has 0 spiro atoms. The summed E-state index contributed by atoms with van der Waals surface area (Å²) in [6.45, 7) is 7.22. The first-order valence-electron chi connectivity index (χ1n) is 9.29. The highest BCUT2D eigenvalue weighted by Gasteiger charge is 2.38. The molecule has 2 fully saturated rings. The largest absolute Gasteiger partial charge is 0.379 e. The second-order valence-electron chi connectivity index (χ2n) is 7.25. The number of Topliss-reactive ketones (excluding diaryl/α,β-unsaturated/α-hetero) is 1. The molecule has 0 unspecified atom stereocenters. The zero-order chi connectivity index (χ0) is 19.8. The third-order valence-corrected chi connectivity index (χ3v) is 7.73. The third kappa shape index (κ3) is 3.81. The number of ether oxygens (including phenoxy) is 1. The molecule has 2 aliphatic rings. The quantitative estimate of drug-likeness (QED) is 0.767. The van der Waals surface area contributed by atoms with Crippen LogP contribution < -0.4 is 0 Å². The number of hydrogen-bond donors (Lipinski definition) is 1. The van der Waals surface area contributed by atoms with E-state index in [0.717, 1.165) is 0 Å². The molecular weight excluding hydrogens is 370 g/mol. The van der Waals surface area contributed by atoms with Crippen molar-refractivity contribution in [2.75, 3.05) is 39.4 Å². The van der Waals surface area contributed by atoms with Crippen LogP contribution in [0.1, 0.15) is 51.9 Å². The van der Waals surface area contributed by atoms with Gasteiger partial charge in [0.1, 0.15) is 5.69 Å². The Morgan fingerprint density at radius 1 is 1.15 bits per heavy atom. The van der Waals surface area contributed by atoms with Gasteiger partial charge in [-0.3, -0.25) is 9.59 Å². The van der Waals surface area contributed by atoms with Crippen LogP contribution in [0, 0.1) is 13.8 Å². The molecule has 1 aromatic rings. The van der Waals surface area contributed by atoms with Crippen molar-refractivity contribution in [3.8, 4) is 0 Å². The fourth-order valence-corrected chi connectivity index (χ4v) is 5.94. The fraction of sp³-hybridized carbons (Fsp3) is 0.667. The highest BCUT2D eigenvalue weighted by Crippen LogP contribution is 2.25. The number of aromatic amines is 1. The van der Waals surface area contributed by atoms with Gasteiger partial charge in [0.2, 0.25) is 10.0 Å². The monoisotopic (exact) mass is 397 g/mol. The number of aromatic nitrogens is 1. The summed E-state index contributed by atoms with van der Waals surface area (Å²) >= 11 is 0. The molecule has 0 aliphatic carbocycles. The number of hydrogen-bond acceptors (Lipinski definition) is 5. The van der Waals surface area contributed by atoms with E-state index in [1.54, 1.807) is 18.7 Å². The lowest BCUT2D eigenvalue weighted by molar-refractivity contribution is 0.0682. The second kappa shape index (κ2) is 7.73. The Bertz CT molecular complexity index is 839. The van der Waals surface area contributed by atoms with Gasteiger partial charge in [-0.2, -0.15) is 4.31 Å². The zero-order valence-corrected chi connectivity index (χ0v) is 16.9. The van der Waals surface area contributed by atoms with Gasteiger partial charge in [0.15, 0.2) is 5.78 Å². The predicted octanol–water partition coefficient (Wildman–Crippen LogP) is 1.10. The number of amides is 1. The van der Waals surface area contributed by atoms with Crippen LogP contribution in [0.25, 0.3) is 0 Å². The van der Waals surface area contributed by atoms with Gasteiger partial charge in [0.25, 0.3) is 5.91 Å². The van der Waals surface area contributed by atoms with E-state index in [0.29, 0.717) is 68.2 Å². The first kappa shape index (κ1) is 20.0.